The standard InChI is InChI=1S/C21H22N2O3/c1-2-9-17-18-19(26-23(17)16-12-7-4-8-13-16)21(25)22(20(18)24)14-15-10-5-3-6-11-15/h3-8,10-13,17-19H,2,9,14H2,1H3/t17-,18+,19-/m1/s1. The van der Waals surface area contributed by atoms with Crippen LogP contribution in [0.5, 0.6) is 0 Å². The monoisotopic (exact) mass is 350 g/mol. The Labute approximate surface area is 153 Å². The minimum atomic E-state index is -0.719. The van der Waals surface area contributed by atoms with E-state index >= 15 is 0 Å². The van der Waals surface area contributed by atoms with Crippen LogP contribution in [0.3, 0.4) is 0 Å². The molecule has 2 aromatic carbocycles. The molecule has 2 amide bonds. The zero-order valence-electron chi connectivity index (χ0n) is 14.7. The molecule has 4 rings (SSSR count). The molecule has 2 saturated heterocycles. The molecule has 0 aromatic heterocycles. The number of para-hydroxylation sites is 1. The number of carbonyl (C=O) groups excluding carboxylic acids is 2. The summed E-state index contributed by atoms with van der Waals surface area (Å²) in [6.07, 6.45) is 0.998. The zero-order valence-corrected chi connectivity index (χ0v) is 14.7. The minimum absolute atomic E-state index is 0.121. The molecule has 134 valence electrons. The molecule has 0 saturated carbocycles. The fourth-order valence-corrected chi connectivity index (χ4v) is 3.89. The summed E-state index contributed by atoms with van der Waals surface area (Å²) in [4.78, 5) is 33.3. The third-order valence-corrected chi connectivity index (χ3v) is 5.11. The van der Waals surface area contributed by atoms with Crippen LogP contribution < -0.4 is 5.06 Å². The van der Waals surface area contributed by atoms with E-state index in [1.165, 1.54) is 4.90 Å². The van der Waals surface area contributed by atoms with E-state index in [1.807, 2.05) is 60.7 Å². The molecule has 0 radical (unpaired) electrons. The Morgan fingerprint density at radius 2 is 1.58 bits per heavy atom. The lowest BCUT2D eigenvalue weighted by molar-refractivity contribution is -0.143. The third-order valence-electron chi connectivity index (χ3n) is 5.11. The van der Waals surface area contributed by atoms with Crippen molar-refractivity contribution in [1.82, 2.24) is 4.90 Å². The maximum atomic E-state index is 13.1. The first-order chi connectivity index (χ1) is 12.7. The largest absolute Gasteiger partial charge is 0.275 e. The summed E-state index contributed by atoms with van der Waals surface area (Å²) >= 11 is 0. The lowest BCUT2D eigenvalue weighted by Crippen LogP contribution is -2.40. The Morgan fingerprint density at radius 3 is 2.23 bits per heavy atom. The lowest BCUT2D eigenvalue weighted by Gasteiger charge is -2.28. The first kappa shape index (κ1) is 16.8. The molecule has 5 nitrogen and oxygen atoms in total. The summed E-state index contributed by atoms with van der Waals surface area (Å²) in [5.74, 6) is -0.796. The molecular weight excluding hydrogens is 328 g/mol. The molecule has 3 atom stereocenters. The molecule has 0 spiro atoms. The first-order valence-electron chi connectivity index (χ1n) is 9.11. The van der Waals surface area contributed by atoms with Crippen molar-refractivity contribution in [2.75, 3.05) is 5.06 Å². The van der Waals surface area contributed by atoms with Crippen LogP contribution in [0.15, 0.2) is 60.7 Å². The van der Waals surface area contributed by atoms with E-state index in [4.69, 9.17) is 4.84 Å². The summed E-state index contributed by atoms with van der Waals surface area (Å²) in [6.45, 7) is 2.39. The van der Waals surface area contributed by atoms with Gasteiger partial charge in [0.25, 0.3) is 5.91 Å². The summed E-state index contributed by atoms with van der Waals surface area (Å²) in [5, 5.41) is 1.77. The van der Waals surface area contributed by atoms with Crippen LogP contribution in [0, 0.1) is 5.92 Å². The van der Waals surface area contributed by atoms with E-state index in [0.717, 1.165) is 24.1 Å². The van der Waals surface area contributed by atoms with Gasteiger partial charge in [0, 0.05) is 0 Å². The number of amides is 2. The number of nitrogens with zero attached hydrogens (tertiary/aromatic N) is 2. The summed E-state index contributed by atoms with van der Waals surface area (Å²) in [5.41, 5.74) is 1.83. The van der Waals surface area contributed by atoms with Gasteiger partial charge < -0.3 is 0 Å². The molecule has 2 aliphatic heterocycles. The number of benzene rings is 2. The van der Waals surface area contributed by atoms with E-state index in [2.05, 4.69) is 6.92 Å². The van der Waals surface area contributed by atoms with Gasteiger partial charge in [0.1, 0.15) is 0 Å². The molecule has 2 aromatic rings. The summed E-state index contributed by atoms with van der Waals surface area (Å²) < 4.78 is 0. The normalized spacial score (nSPS) is 25.0. The first-order valence-corrected chi connectivity index (χ1v) is 9.11. The van der Waals surface area contributed by atoms with Gasteiger partial charge in [-0.3, -0.25) is 19.3 Å². The Morgan fingerprint density at radius 1 is 0.923 bits per heavy atom. The maximum Gasteiger partial charge on any atom is 0.262 e. The molecule has 26 heavy (non-hydrogen) atoms. The Kier molecular flexibility index (Phi) is 4.47. The topological polar surface area (TPSA) is 49.9 Å². The van der Waals surface area contributed by atoms with Gasteiger partial charge in [0.2, 0.25) is 5.91 Å². The molecule has 2 aliphatic rings. The van der Waals surface area contributed by atoms with E-state index in [9.17, 15) is 9.59 Å². The van der Waals surface area contributed by atoms with Gasteiger partial charge in [-0.25, -0.2) is 5.06 Å². The van der Waals surface area contributed by atoms with Crippen molar-refractivity contribution in [2.24, 2.45) is 5.92 Å². The third kappa shape index (κ3) is 2.78. The van der Waals surface area contributed by atoms with Gasteiger partial charge in [-0.05, 0) is 24.1 Å². The second-order valence-electron chi connectivity index (χ2n) is 6.82. The average Bonchev–Trinajstić information content (AvgIpc) is 3.16. The highest BCUT2D eigenvalue weighted by Crippen LogP contribution is 2.40. The highest BCUT2D eigenvalue weighted by atomic mass is 16.7. The SMILES string of the molecule is CCC[C@@H]1[C@@H]2C(=O)N(Cc3ccccc3)C(=O)[C@@H]2ON1c1ccccc1. The number of carbonyl (C=O) groups is 2. The highest BCUT2D eigenvalue weighted by molar-refractivity contribution is 6.07. The Bertz CT molecular complexity index is 793. The van der Waals surface area contributed by atoms with Crippen molar-refractivity contribution in [2.45, 2.75) is 38.5 Å². The van der Waals surface area contributed by atoms with Crippen LogP contribution in [-0.2, 0) is 21.0 Å². The van der Waals surface area contributed by atoms with Gasteiger partial charge in [-0.1, -0.05) is 61.9 Å². The summed E-state index contributed by atoms with van der Waals surface area (Å²) in [7, 11) is 0. The van der Waals surface area contributed by atoms with Crippen LogP contribution in [0.25, 0.3) is 0 Å². The number of hydrogen-bond acceptors (Lipinski definition) is 4. The molecule has 0 N–H and O–H groups in total. The number of fused-ring (bicyclic) bond motifs is 1. The zero-order chi connectivity index (χ0) is 18.1. The van der Waals surface area contributed by atoms with E-state index < -0.39 is 12.0 Å². The second kappa shape index (κ2) is 6.92. The van der Waals surface area contributed by atoms with Crippen LogP contribution in [0.2, 0.25) is 0 Å². The van der Waals surface area contributed by atoms with Gasteiger partial charge in [0.15, 0.2) is 6.10 Å². The Balaban J connectivity index is 1.60. The van der Waals surface area contributed by atoms with Crippen LogP contribution in [0.1, 0.15) is 25.3 Å². The van der Waals surface area contributed by atoms with Gasteiger partial charge >= 0.3 is 0 Å². The fraction of sp³-hybridized carbons (Fsp3) is 0.333. The molecule has 0 aliphatic carbocycles. The van der Waals surface area contributed by atoms with Crippen LogP contribution >= 0.6 is 0 Å². The molecule has 2 heterocycles. The second-order valence-corrected chi connectivity index (χ2v) is 6.82. The van der Waals surface area contributed by atoms with Crippen LogP contribution in [-0.4, -0.2) is 28.9 Å². The van der Waals surface area contributed by atoms with Gasteiger partial charge in [-0.15, -0.1) is 0 Å². The maximum absolute atomic E-state index is 13.1. The van der Waals surface area contributed by atoms with Gasteiger partial charge in [-0.2, -0.15) is 0 Å². The average molecular weight is 350 g/mol. The van der Waals surface area contributed by atoms with E-state index in [-0.39, 0.29) is 17.9 Å². The Hall–Kier alpha value is -2.66. The van der Waals surface area contributed by atoms with Crippen molar-refractivity contribution in [3.63, 3.8) is 0 Å². The van der Waals surface area contributed by atoms with Crippen molar-refractivity contribution < 1.29 is 14.4 Å². The van der Waals surface area contributed by atoms with Crippen molar-refractivity contribution in [3.8, 4) is 0 Å². The molecule has 0 bridgehead atoms. The molecule has 0 unspecified atom stereocenters. The lowest BCUT2D eigenvalue weighted by atomic mass is 9.93. The minimum Gasteiger partial charge on any atom is -0.275 e. The number of imide groups is 1. The van der Waals surface area contributed by atoms with Crippen molar-refractivity contribution in [3.05, 3.63) is 66.2 Å². The predicted molar refractivity (Wildman–Crippen MR) is 98.0 cm³/mol. The predicted octanol–water partition coefficient (Wildman–Crippen LogP) is 3.16. The van der Waals surface area contributed by atoms with Crippen LogP contribution in [0.4, 0.5) is 5.69 Å². The fourth-order valence-electron chi connectivity index (χ4n) is 3.89. The van der Waals surface area contributed by atoms with E-state index in [1.54, 1.807) is 5.06 Å². The number of anilines is 1. The number of hydrogen-bond donors (Lipinski definition) is 0. The highest BCUT2D eigenvalue weighted by Gasteiger charge is 2.58. The smallest absolute Gasteiger partial charge is 0.262 e. The summed E-state index contributed by atoms with van der Waals surface area (Å²) in [6, 6.07) is 19.2. The molecule has 2 fully saturated rings. The van der Waals surface area contributed by atoms with Gasteiger partial charge in [0.05, 0.1) is 24.2 Å². The van der Waals surface area contributed by atoms with Crippen molar-refractivity contribution in [1.29, 1.82) is 0 Å². The number of likely N-dealkylation sites (tertiary alicyclic amines) is 1. The van der Waals surface area contributed by atoms with E-state index in [0.29, 0.717) is 6.54 Å². The van der Waals surface area contributed by atoms with Crippen molar-refractivity contribution >= 4 is 17.5 Å². The molecule has 5 heteroatoms. The number of hydroxylamine groups is 1. The quantitative estimate of drug-likeness (QED) is 0.777. The molecular formula is C21H22N2O3. The number of rotatable bonds is 5.